The van der Waals surface area contributed by atoms with Crippen LogP contribution < -0.4 is 5.32 Å². The van der Waals surface area contributed by atoms with E-state index < -0.39 is 0 Å². The van der Waals surface area contributed by atoms with E-state index in [1.54, 1.807) is 18.0 Å². The van der Waals surface area contributed by atoms with Gasteiger partial charge in [0, 0.05) is 32.0 Å². The van der Waals surface area contributed by atoms with E-state index in [9.17, 15) is 9.59 Å². The Balaban J connectivity index is 2.00. The van der Waals surface area contributed by atoms with Crippen LogP contribution in [0.1, 0.15) is 79.0 Å². The number of amides is 2. The first-order chi connectivity index (χ1) is 11.6. The summed E-state index contributed by atoms with van der Waals surface area (Å²) in [6.45, 7) is 2.81. The van der Waals surface area contributed by atoms with E-state index in [4.69, 9.17) is 0 Å². The molecule has 1 saturated carbocycles. The van der Waals surface area contributed by atoms with Gasteiger partial charge in [-0.15, -0.1) is 0 Å². The summed E-state index contributed by atoms with van der Waals surface area (Å²) in [4.78, 5) is 30.7. The molecule has 5 nitrogen and oxygen atoms in total. The van der Waals surface area contributed by atoms with Gasteiger partial charge in [0.15, 0.2) is 0 Å². The number of hydrogen-bond donors (Lipinski definition) is 1. The molecule has 0 radical (unpaired) electrons. The number of carbonyl (C=O) groups excluding carboxylic acids is 2. The Kier molecular flexibility index (Phi) is 7.22. The summed E-state index contributed by atoms with van der Waals surface area (Å²) in [7, 11) is 1.79. The van der Waals surface area contributed by atoms with E-state index in [1.165, 1.54) is 38.1 Å². The molecule has 24 heavy (non-hydrogen) atoms. The van der Waals surface area contributed by atoms with Gasteiger partial charge < -0.3 is 10.2 Å². The molecule has 5 heteroatoms. The molecule has 1 fully saturated rings. The van der Waals surface area contributed by atoms with Gasteiger partial charge in [-0.25, -0.2) is 0 Å². The van der Waals surface area contributed by atoms with Crippen LogP contribution in [-0.4, -0.2) is 41.3 Å². The third-order valence-electron chi connectivity index (χ3n) is 4.63. The second-order valence-corrected chi connectivity index (χ2v) is 6.70. The largest absolute Gasteiger partial charge is 0.349 e. The van der Waals surface area contributed by atoms with Crippen molar-refractivity contribution in [2.24, 2.45) is 0 Å². The van der Waals surface area contributed by atoms with Crippen molar-refractivity contribution in [3.05, 3.63) is 29.6 Å². The average Bonchev–Trinajstić information content (AvgIpc) is 2.87. The molecule has 2 amide bonds. The van der Waals surface area contributed by atoms with Crippen LogP contribution in [0, 0.1) is 0 Å². The molecule has 0 unspecified atom stereocenters. The summed E-state index contributed by atoms with van der Waals surface area (Å²) in [6, 6.07) is 1.90. The number of carbonyl (C=O) groups is 2. The molecule has 0 aliphatic heterocycles. The Morgan fingerprint density at radius 3 is 2.50 bits per heavy atom. The third kappa shape index (κ3) is 5.32. The highest BCUT2D eigenvalue weighted by molar-refractivity contribution is 5.99. The first-order valence-electron chi connectivity index (χ1n) is 9.13. The van der Waals surface area contributed by atoms with Crippen LogP contribution in [0.2, 0.25) is 0 Å². The zero-order valence-electron chi connectivity index (χ0n) is 14.9. The Hall–Kier alpha value is -1.91. The van der Waals surface area contributed by atoms with Crippen LogP contribution in [0.15, 0.2) is 18.5 Å². The van der Waals surface area contributed by atoms with Gasteiger partial charge in [0.05, 0.1) is 11.1 Å². The molecule has 1 aromatic rings. The fourth-order valence-electron chi connectivity index (χ4n) is 3.09. The number of nitrogens with one attached hydrogen (secondary N) is 1. The lowest BCUT2D eigenvalue weighted by Gasteiger charge is -2.18. The minimum absolute atomic E-state index is 0.0833. The molecule has 0 atom stereocenters. The number of aromatic nitrogens is 1. The summed E-state index contributed by atoms with van der Waals surface area (Å²) in [5.41, 5.74) is 0.941. The SMILES string of the molecule is CCCCN(C)C(=O)c1cncc(C(=O)NC2CCCCCC2)c1. The Bertz CT molecular complexity index is 551. The highest BCUT2D eigenvalue weighted by Crippen LogP contribution is 2.17. The smallest absolute Gasteiger partial charge is 0.255 e. The van der Waals surface area contributed by atoms with Crippen molar-refractivity contribution in [1.29, 1.82) is 0 Å². The summed E-state index contributed by atoms with van der Waals surface area (Å²) >= 11 is 0. The summed E-state index contributed by atoms with van der Waals surface area (Å²) in [5, 5.41) is 3.10. The van der Waals surface area contributed by atoms with Gasteiger partial charge in [-0.05, 0) is 25.3 Å². The molecule has 1 N–H and O–H groups in total. The summed E-state index contributed by atoms with van der Waals surface area (Å²) in [6.07, 6.45) is 12.0. The molecule has 1 heterocycles. The van der Waals surface area contributed by atoms with Crippen molar-refractivity contribution in [1.82, 2.24) is 15.2 Å². The standard InChI is InChI=1S/C19H29N3O2/c1-3-4-11-22(2)19(24)16-12-15(13-20-14-16)18(23)21-17-9-7-5-6-8-10-17/h12-14,17H,3-11H2,1-2H3,(H,21,23). The zero-order valence-corrected chi connectivity index (χ0v) is 14.9. The minimum Gasteiger partial charge on any atom is -0.349 e. The van der Waals surface area contributed by atoms with Crippen LogP contribution in [0.5, 0.6) is 0 Å². The lowest BCUT2D eigenvalue weighted by molar-refractivity contribution is 0.0793. The second-order valence-electron chi connectivity index (χ2n) is 6.70. The number of hydrogen-bond acceptors (Lipinski definition) is 3. The fraction of sp³-hybridized carbons (Fsp3) is 0.632. The molecule has 132 valence electrons. The van der Waals surface area contributed by atoms with E-state index in [0.717, 1.165) is 25.7 Å². The molecule has 0 spiro atoms. The molecule has 1 aliphatic carbocycles. The fourth-order valence-corrected chi connectivity index (χ4v) is 3.09. The maximum atomic E-state index is 12.5. The van der Waals surface area contributed by atoms with Gasteiger partial charge in [-0.1, -0.05) is 39.0 Å². The van der Waals surface area contributed by atoms with Gasteiger partial charge in [0.2, 0.25) is 0 Å². The summed E-state index contributed by atoms with van der Waals surface area (Å²) in [5.74, 6) is -0.208. The van der Waals surface area contributed by atoms with E-state index in [-0.39, 0.29) is 17.9 Å². The van der Waals surface area contributed by atoms with E-state index >= 15 is 0 Å². The number of rotatable bonds is 6. The minimum atomic E-state index is -0.125. The van der Waals surface area contributed by atoms with Crippen LogP contribution in [0.3, 0.4) is 0 Å². The average molecular weight is 331 g/mol. The van der Waals surface area contributed by atoms with Gasteiger partial charge in [-0.3, -0.25) is 14.6 Å². The maximum Gasteiger partial charge on any atom is 0.255 e. The first-order valence-corrected chi connectivity index (χ1v) is 9.13. The number of pyridine rings is 1. The maximum absolute atomic E-state index is 12.5. The number of nitrogens with zero attached hydrogens (tertiary/aromatic N) is 2. The van der Waals surface area contributed by atoms with Crippen molar-refractivity contribution in [3.63, 3.8) is 0 Å². The van der Waals surface area contributed by atoms with Crippen molar-refractivity contribution < 1.29 is 9.59 Å². The highest BCUT2D eigenvalue weighted by atomic mass is 16.2. The van der Waals surface area contributed by atoms with Gasteiger partial charge in [-0.2, -0.15) is 0 Å². The van der Waals surface area contributed by atoms with Crippen molar-refractivity contribution in [3.8, 4) is 0 Å². The third-order valence-corrected chi connectivity index (χ3v) is 4.63. The first kappa shape index (κ1) is 18.4. The molecule has 1 aliphatic rings. The van der Waals surface area contributed by atoms with Gasteiger partial charge in [0.1, 0.15) is 0 Å². The van der Waals surface area contributed by atoms with Gasteiger partial charge >= 0.3 is 0 Å². The predicted molar refractivity (Wildman–Crippen MR) is 95.1 cm³/mol. The lowest BCUT2D eigenvalue weighted by atomic mass is 10.1. The van der Waals surface area contributed by atoms with Crippen LogP contribution in [-0.2, 0) is 0 Å². The van der Waals surface area contributed by atoms with Crippen molar-refractivity contribution in [2.45, 2.75) is 64.3 Å². The number of unbranched alkanes of at least 4 members (excludes halogenated alkanes) is 1. The van der Waals surface area contributed by atoms with Crippen LogP contribution in [0.25, 0.3) is 0 Å². The van der Waals surface area contributed by atoms with Crippen LogP contribution in [0.4, 0.5) is 0 Å². The van der Waals surface area contributed by atoms with Crippen LogP contribution >= 0.6 is 0 Å². The second kappa shape index (κ2) is 9.40. The summed E-state index contributed by atoms with van der Waals surface area (Å²) < 4.78 is 0. The molecule has 0 bridgehead atoms. The van der Waals surface area contributed by atoms with Crippen molar-refractivity contribution in [2.75, 3.05) is 13.6 Å². The Morgan fingerprint density at radius 2 is 1.83 bits per heavy atom. The van der Waals surface area contributed by atoms with E-state index in [1.807, 2.05) is 0 Å². The molecule has 0 saturated heterocycles. The monoisotopic (exact) mass is 331 g/mol. The van der Waals surface area contributed by atoms with E-state index in [0.29, 0.717) is 17.7 Å². The van der Waals surface area contributed by atoms with Gasteiger partial charge in [0.25, 0.3) is 11.8 Å². The Morgan fingerprint density at radius 1 is 1.17 bits per heavy atom. The predicted octanol–water partition coefficient (Wildman–Crippen LogP) is 3.41. The zero-order chi connectivity index (χ0) is 17.4. The Labute approximate surface area is 144 Å². The van der Waals surface area contributed by atoms with Crippen molar-refractivity contribution >= 4 is 11.8 Å². The van der Waals surface area contributed by atoms with E-state index in [2.05, 4.69) is 17.2 Å². The molecule has 1 aromatic heterocycles. The molecule has 0 aromatic carbocycles. The highest BCUT2D eigenvalue weighted by Gasteiger charge is 2.18. The molecule has 2 rings (SSSR count). The molecular formula is C19H29N3O2. The lowest BCUT2D eigenvalue weighted by Crippen LogP contribution is -2.34. The molecular weight excluding hydrogens is 302 g/mol. The normalized spacial score (nSPS) is 15.6. The topological polar surface area (TPSA) is 62.3 Å². The quantitative estimate of drug-likeness (QED) is 0.813.